The highest BCUT2D eigenvalue weighted by atomic mass is 32.2. The van der Waals surface area contributed by atoms with Crippen LogP contribution in [0.4, 0.5) is 17.6 Å². The number of benzene rings is 1. The number of carboxylic acid groups (broad SMARTS) is 1. The molecule has 2 aromatic rings. The summed E-state index contributed by atoms with van der Waals surface area (Å²) in [4.78, 5) is 14.7. The van der Waals surface area contributed by atoms with Crippen LogP contribution in [-0.2, 0) is 6.18 Å². The molecule has 2 rings (SSSR count). The molecule has 0 spiro atoms. The molecule has 1 N–H and O–H groups in total. The number of nitrogens with zero attached hydrogens (tertiary/aromatic N) is 1. The van der Waals surface area contributed by atoms with Gasteiger partial charge in [-0.15, -0.1) is 0 Å². The fourth-order valence-corrected chi connectivity index (χ4v) is 2.42. The molecule has 0 unspecified atom stereocenters. The zero-order chi connectivity index (χ0) is 15.6. The van der Waals surface area contributed by atoms with Crippen LogP contribution >= 0.6 is 11.8 Å². The number of rotatable bonds is 3. The van der Waals surface area contributed by atoms with Gasteiger partial charge in [-0.25, -0.2) is 14.2 Å². The van der Waals surface area contributed by atoms with Gasteiger partial charge < -0.3 is 5.11 Å². The van der Waals surface area contributed by atoms with E-state index in [0.29, 0.717) is 6.20 Å². The third kappa shape index (κ3) is 3.52. The number of halogens is 4. The highest BCUT2D eigenvalue weighted by Gasteiger charge is 2.30. The van der Waals surface area contributed by atoms with Crippen LogP contribution in [0.1, 0.15) is 15.9 Å². The molecule has 0 saturated heterocycles. The van der Waals surface area contributed by atoms with E-state index < -0.39 is 29.1 Å². The minimum atomic E-state index is -4.50. The van der Waals surface area contributed by atoms with Gasteiger partial charge in [0.25, 0.3) is 0 Å². The molecule has 1 heterocycles. The van der Waals surface area contributed by atoms with E-state index in [-0.39, 0.29) is 9.92 Å². The predicted molar refractivity (Wildman–Crippen MR) is 66.7 cm³/mol. The summed E-state index contributed by atoms with van der Waals surface area (Å²) in [6.45, 7) is 0. The van der Waals surface area contributed by atoms with Crippen LogP contribution in [0.5, 0.6) is 0 Å². The summed E-state index contributed by atoms with van der Waals surface area (Å²) in [5.41, 5.74) is -1.45. The standard InChI is InChI=1S/C13H7F4NO2S/c14-8-2-1-3-9(11(8)12(19)20)21-10-5-4-7(6-18-10)13(15,16)17/h1-6H,(H,19,20). The first-order chi connectivity index (χ1) is 9.79. The average Bonchev–Trinajstić information content (AvgIpc) is 2.38. The maximum absolute atomic E-state index is 13.5. The maximum Gasteiger partial charge on any atom is 0.417 e. The van der Waals surface area contributed by atoms with Crippen molar-refractivity contribution in [3.63, 3.8) is 0 Å². The Balaban J connectivity index is 2.31. The Morgan fingerprint density at radius 1 is 1.19 bits per heavy atom. The number of alkyl halides is 3. The first-order valence-electron chi connectivity index (χ1n) is 5.52. The van der Waals surface area contributed by atoms with E-state index in [2.05, 4.69) is 4.98 Å². The lowest BCUT2D eigenvalue weighted by Gasteiger charge is -2.08. The van der Waals surface area contributed by atoms with E-state index in [4.69, 9.17) is 5.11 Å². The molecular formula is C13H7F4NO2S. The van der Waals surface area contributed by atoms with E-state index >= 15 is 0 Å². The van der Waals surface area contributed by atoms with Crippen molar-refractivity contribution in [3.8, 4) is 0 Å². The monoisotopic (exact) mass is 317 g/mol. The van der Waals surface area contributed by atoms with Crippen LogP contribution in [0.25, 0.3) is 0 Å². The number of carboxylic acids is 1. The molecule has 0 aliphatic heterocycles. The second kappa shape index (κ2) is 5.72. The second-order valence-corrected chi connectivity index (χ2v) is 4.97. The molecular weight excluding hydrogens is 310 g/mol. The maximum atomic E-state index is 13.5. The molecule has 0 fully saturated rings. The largest absolute Gasteiger partial charge is 0.478 e. The molecule has 8 heteroatoms. The number of hydrogen-bond donors (Lipinski definition) is 1. The Hall–Kier alpha value is -2.09. The molecule has 0 aliphatic rings. The fourth-order valence-electron chi connectivity index (χ4n) is 1.52. The lowest BCUT2D eigenvalue weighted by atomic mass is 10.2. The summed E-state index contributed by atoms with van der Waals surface area (Å²) in [5.74, 6) is -2.37. The summed E-state index contributed by atoms with van der Waals surface area (Å²) < 4.78 is 50.6. The van der Waals surface area contributed by atoms with Crippen molar-refractivity contribution in [2.45, 2.75) is 16.1 Å². The molecule has 0 bridgehead atoms. The Morgan fingerprint density at radius 2 is 1.90 bits per heavy atom. The highest BCUT2D eigenvalue weighted by Crippen LogP contribution is 2.33. The van der Waals surface area contributed by atoms with Crippen LogP contribution in [0.3, 0.4) is 0 Å². The zero-order valence-electron chi connectivity index (χ0n) is 10.2. The molecule has 0 saturated carbocycles. The minimum Gasteiger partial charge on any atom is -0.478 e. The summed E-state index contributed by atoms with van der Waals surface area (Å²) >= 11 is 0.777. The molecule has 3 nitrogen and oxygen atoms in total. The lowest BCUT2D eigenvalue weighted by molar-refractivity contribution is -0.137. The van der Waals surface area contributed by atoms with E-state index in [1.165, 1.54) is 12.1 Å². The number of pyridine rings is 1. The summed E-state index contributed by atoms with van der Waals surface area (Å²) in [6, 6.07) is 5.59. The van der Waals surface area contributed by atoms with Crippen molar-refractivity contribution in [1.29, 1.82) is 0 Å². The van der Waals surface area contributed by atoms with Gasteiger partial charge in [0.1, 0.15) is 16.4 Å². The van der Waals surface area contributed by atoms with Crippen LogP contribution in [0, 0.1) is 5.82 Å². The molecule has 0 aliphatic carbocycles. The molecule has 110 valence electrons. The van der Waals surface area contributed by atoms with Crippen LogP contribution < -0.4 is 0 Å². The molecule has 0 atom stereocenters. The van der Waals surface area contributed by atoms with E-state index in [1.54, 1.807) is 0 Å². The number of hydrogen-bond acceptors (Lipinski definition) is 3. The summed E-state index contributed by atoms with van der Waals surface area (Å²) in [7, 11) is 0. The van der Waals surface area contributed by atoms with E-state index in [9.17, 15) is 22.4 Å². The second-order valence-electron chi connectivity index (χ2n) is 3.90. The fraction of sp³-hybridized carbons (Fsp3) is 0.0769. The third-order valence-corrected chi connectivity index (χ3v) is 3.48. The number of aromatic carboxylic acids is 1. The van der Waals surface area contributed by atoms with Gasteiger partial charge in [0, 0.05) is 11.1 Å². The van der Waals surface area contributed by atoms with Crippen LogP contribution in [0.2, 0.25) is 0 Å². The zero-order valence-corrected chi connectivity index (χ0v) is 11.0. The summed E-state index contributed by atoms with van der Waals surface area (Å²) in [6.07, 6.45) is -3.86. The summed E-state index contributed by atoms with van der Waals surface area (Å²) in [5, 5.41) is 9.09. The average molecular weight is 317 g/mol. The molecule has 1 aromatic heterocycles. The van der Waals surface area contributed by atoms with Gasteiger partial charge in [-0.3, -0.25) is 0 Å². The van der Waals surface area contributed by atoms with Gasteiger partial charge in [0.15, 0.2) is 0 Å². The van der Waals surface area contributed by atoms with Crippen molar-refractivity contribution in [2.24, 2.45) is 0 Å². The Kier molecular flexibility index (Phi) is 4.17. The van der Waals surface area contributed by atoms with E-state index in [0.717, 1.165) is 30.0 Å². The Labute approximate surface area is 120 Å². The van der Waals surface area contributed by atoms with Crippen molar-refractivity contribution in [3.05, 3.63) is 53.5 Å². The predicted octanol–water partition coefficient (Wildman–Crippen LogP) is 4.09. The molecule has 21 heavy (non-hydrogen) atoms. The topological polar surface area (TPSA) is 50.2 Å². The van der Waals surface area contributed by atoms with Crippen LogP contribution in [-0.4, -0.2) is 16.1 Å². The first-order valence-corrected chi connectivity index (χ1v) is 6.33. The minimum absolute atomic E-state index is 0.0646. The van der Waals surface area contributed by atoms with Gasteiger partial charge >= 0.3 is 12.1 Å². The smallest absolute Gasteiger partial charge is 0.417 e. The molecule has 0 amide bonds. The van der Waals surface area contributed by atoms with Gasteiger partial charge in [-0.05, 0) is 24.3 Å². The quantitative estimate of drug-likeness (QED) is 0.866. The van der Waals surface area contributed by atoms with Crippen molar-refractivity contribution < 1.29 is 27.5 Å². The Morgan fingerprint density at radius 3 is 2.43 bits per heavy atom. The molecule has 1 aromatic carbocycles. The third-order valence-electron chi connectivity index (χ3n) is 2.47. The molecule has 0 radical (unpaired) electrons. The van der Waals surface area contributed by atoms with Gasteiger partial charge in [0.2, 0.25) is 0 Å². The number of carbonyl (C=O) groups is 1. The van der Waals surface area contributed by atoms with E-state index in [1.807, 2.05) is 0 Å². The Bertz CT molecular complexity index is 671. The lowest BCUT2D eigenvalue weighted by Crippen LogP contribution is -2.05. The first kappa shape index (κ1) is 15.3. The normalized spacial score (nSPS) is 11.4. The van der Waals surface area contributed by atoms with Gasteiger partial charge in [-0.1, -0.05) is 17.8 Å². The van der Waals surface area contributed by atoms with Crippen molar-refractivity contribution in [2.75, 3.05) is 0 Å². The van der Waals surface area contributed by atoms with Crippen molar-refractivity contribution >= 4 is 17.7 Å². The van der Waals surface area contributed by atoms with Crippen LogP contribution in [0.15, 0.2) is 46.5 Å². The van der Waals surface area contributed by atoms with Gasteiger partial charge in [0.05, 0.1) is 5.56 Å². The number of aromatic nitrogens is 1. The highest BCUT2D eigenvalue weighted by molar-refractivity contribution is 7.99. The SMILES string of the molecule is O=C(O)c1c(F)cccc1Sc1ccc(C(F)(F)F)cn1. The van der Waals surface area contributed by atoms with Gasteiger partial charge in [-0.2, -0.15) is 13.2 Å². The van der Waals surface area contributed by atoms with Crippen molar-refractivity contribution in [1.82, 2.24) is 4.98 Å².